The number of benzene rings is 1. The van der Waals surface area contributed by atoms with Gasteiger partial charge >= 0.3 is 0 Å². The van der Waals surface area contributed by atoms with E-state index in [2.05, 4.69) is 6.07 Å². The topological polar surface area (TPSA) is 45.5 Å². The molecule has 1 aromatic rings. The summed E-state index contributed by atoms with van der Waals surface area (Å²) in [6.45, 7) is 5.83. The van der Waals surface area contributed by atoms with E-state index in [0.717, 1.165) is 28.3 Å². The first-order chi connectivity index (χ1) is 8.47. The number of hydrogen-bond acceptors (Lipinski definition) is 4. The Balaban J connectivity index is 3.43. The Morgan fingerprint density at radius 1 is 1.22 bits per heavy atom. The summed E-state index contributed by atoms with van der Waals surface area (Å²) in [5.74, 6) is 1.60. The highest BCUT2D eigenvalue weighted by atomic mass is 16.5. The van der Waals surface area contributed by atoms with Crippen LogP contribution < -0.4 is 14.4 Å². The highest BCUT2D eigenvalue weighted by Crippen LogP contribution is 2.39. The molecular formula is C14H20N2O2. The van der Waals surface area contributed by atoms with Gasteiger partial charge in [-0.15, -0.1) is 0 Å². The fourth-order valence-electron chi connectivity index (χ4n) is 1.87. The van der Waals surface area contributed by atoms with Gasteiger partial charge < -0.3 is 14.4 Å². The van der Waals surface area contributed by atoms with Gasteiger partial charge in [0.05, 0.1) is 26.0 Å². The van der Waals surface area contributed by atoms with Crippen molar-refractivity contribution in [2.24, 2.45) is 0 Å². The second-order valence-corrected chi connectivity index (χ2v) is 4.30. The molecule has 0 spiro atoms. The summed E-state index contributed by atoms with van der Waals surface area (Å²) >= 11 is 0. The molecule has 1 rings (SSSR count). The zero-order chi connectivity index (χ0) is 13.9. The Bertz CT molecular complexity index is 478. The van der Waals surface area contributed by atoms with Crippen LogP contribution in [-0.4, -0.2) is 27.3 Å². The molecule has 0 heterocycles. The fourth-order valence-corrected chi connectivity index (χ4v) is 1.87. The summed E-state index contributed by atoms with van der Waals surface area (Å²) in [4.78, 5) is 1.88. The molecule has 1 aromatic carbocycles. The van der Waals surface area contributed by atoms with Crippen molar-refractivity contribution in [2.75, 3.05) is 26.2 Å². The third-order valence-electron chi connectivity index (χ3n) is 3.34. The SMILES string of the molecule is COc1cc(N(C)C(C)C#N)c(OC)c(C)c1C. The lowest BCUT2D eigenvalue weighted by atomic mass is 10.1. The van der Waals surface area contributed by atoms with Gasteiger partial charge in [-0.3, -0.25) is 0 Å². The first kappa shape index (κ1) is 14.2. The normalized spacial score (nSPS) is 11.6. The van der Waals surface area contributed by atoms with Gasteiger partial charge in [-0.25, -0.2) is 0 Å². The zero-order valence-corrected chi connectivity index (χ0v) is 11.9. The molecule has 0 aliphatic heterocycles. The minimum atomic E-state index is -0.231. The minimum Gasteiger partial charge on any atom is -0.496 e. The molecule has 0 fully saturated rings. The van der Waals surface area contributed by atoms with Crippen LogP contribution in [-0.2, 0) is 0 Å². The largest absolute Gasteiger partial charge is 0.496 e. The average molecular weight is 248 g/mol. The van der Waals surface area contributed by atoms with E-state index < -0.39 is 0 Å². The number of anilines is 1. The Hall–Kier alpha value is -1.89. The first-order valence-electron chi connectivity index (χ1n) is 5.82. The van der Waals surface area contributed by atoms with Gasteiger partial charge in [0.1, 0.15) is 17.5 Å². The molecule has 0 bridgehead atoms. The Kier molecular flexibility index (Phi) is 4.43. The summed E-state index contributed by atoms with van der Waals surface area (Å²) < 4.78 is 10.8. The number of nitrogens with zero attached hydrogens (tertiary/aromatic N) is 2. The number of methoxy groups -OCH3 is 2. The lowest BCUT2D eigenvalue weighted by molar-refractivity contribution is 0.397. The highest BCUT2D eigenvalue weighted by molar-refractivity contribution is 5.68. The van der Waals surface area contributed by atoms with Crippen LogP contribution in [0.25, 0.3) is 0 Å². The number of rotatable bonds is 4. The number of nitriles is 1. The van der Waals surface area contributed by atoms with Crippen molar-refractivity contribution < 1.29 is 9.47 Å². The van der Waals surface area contributed by atoms with Crippen molar-refractivity contribution in [1.82, 2.24) is 0 Å². The number of ether oxygens (including phenoxy) is 2. The number of hydrogen-bond donors (Lipinski definition) is 0. The second kappa shape index (κ2) is 5.63. The molecule has 0 aromatic heterocycles. The van der Waals surface area contributed by atoms with Crippen LogP contribution in [0.3, 0.4) is 0 Å². The fraction of sp³-hybridized carbons (Fsp3) is 0.500. The van der Waals surface area contributed by atoms with Crippen LogP contribution in [0.1, 0.15) is 18.1 Å². The summed E-state index contributed by atoms with van der Waals surface area (Å²) in [6.07, 6.45) is 0. The van der Waals surface area contributed by atoms with Crippen molar-refractivity contribution in [3.05, 3.63) is 17.2 Å². The first-order valence-corrected chi connectivity index (χ1v) is 5.82. The van der Waals surface area contributed by atoms with Crippen molar-refractivity contribution in [3.63, 3.8) is 0 Å². The van der Waals surface area contributed by atoms with E-state index in [4.69, 9.17) is 14.7 Å². The van der Waals surface area contributed by atoms with Crippen molar-refractivity contribution in [1.29, 1.82) is 5.26 Å². The highest BCUT2D eigenvalue weighted by Gasteiger charge is 2.19. The molecular weight excluding hydrogens is 228 g/mol. The Morgan fingerprint density at radius 3 is 2.28 bits per heavy atom. The molecule has 0 N–H and O–H groups in total. The van der Waals surface area contributed by atoms with Crippen LogP contribution >= 0.6 is 0 Å². The van der Waals surface area contributed by atoms with E-state index in [9.17, 15) is 0 Å². The van der Waals surface area contributed by atoms with E-state index in [1.54, 1.807) is 14.2 Å². The van der Waals surface area contributed by atoms with Crippen molar-refractivity contribution >= 4 is 5.69 Å². The van der Waals surface area contributed by atoms with Gasteiger partial charge in [0, 0.05) is 13.1 Å². The van der Waals surface area contributed by atoms with Crippen molar-refractivity contribution in [3.8, 4) is 17.6 Å². The van der Waals surface area contributed by atoms with Crippen molar-refractivity contribution in [2.45, 2.75) is 26.8 Å². The van der Waals surface area contributed by atoms with Crippen LogP contribution in [0.4, 0.5) is 5.69 Å². The molecule has 4 heteroatoms. The standard InChI is InChI=1S/C14H20N2O2/c1-9(8-15)16(4)12-7-13(17-5)10(2)11(3)14(12)18-6/h7,9H,1-6H3. The second-order valence-electron chi connectivity index (χ2n) is 4.30. The summed E-state index contributed by atoms with van der Waals surface area (Å²) in [5, 5.41) is 9.02. The van der Waals surface area contributed by atoms with Gasteiger partial charge in [0.25, 0.3) is 0 Å². The molecule has 0 aliphatic carbocycles. The third kappa shape index (κ3) is 2.35. The van der Waals surface area contributed by atoms with E-state index in [0.29, 0.717) is 0 Å². The summed E-state index contributed by atoms with van der Waals surface area (Å²) in [7, 11) is 5.16. The van der Waals surface area contributed by atoms with Crippen LogP contribution in [0.5, 0.6) is 11.5 Å². The molecule has 18 heavy (non-hydrogen) atoms. The minimum absolute atomic E-state index is 0.231. The van der Waals surface area contributed by atoms with Crippen LogP contribution in [0, 0.1) is 25.2 Å². The van der Waals surface area contributed by atoms with E-state index in [-0.39, 0.29) is 6.04 Å². The van der Waals surface area contributed by atoms with Gasteiger partial charge in [0.15, 0.2) is 0 Å². The molecule has 98 valence electrons. The van der Waals surface area contributed by atoms with Gasteiger partial charge in [-0.1, -0.05) is 0 Å². The van der Waals surface area contributed by atoms with Crippen LogP contribution in [0.2, 0.25) is 0 Å². The van der Waals surface area contributed by atoms with Gasteiger partial charge in [-0.2, -0.15) is 5.26 Å². The average Bonchev–Trinajstić information content (AvgIpc) is 2.39. The summed E-state index contributed by atoms with van der Waals surface area (Å²) in [6, 6.07) is 3.90. The Labute approximate surface area is 109 Å². The molecule has 1 unspecified atom stereocenters. The zero-order valence-electron chi connectivity index (χ0n) is 11.9. The maximum Gasteiger partial charge on any atom is 0.145 e. The summed E-state index contributed by atoms with van der Waals surface area (Å²) in [5.41, 5.74) is 2.95. The van der Waals surface area contributed by atoms with E-state index in [1.807, 2.05) is 38.8 Å². The quantitative estimate of drug-likeness (QED) is 0.821. The van der Waals surface area contributed by atoms with Crippen LogP contribution in [0.15, 0.2) is 6.07 Å². The predicted molar refractivity (Wildman–Crippen MR) is 72.5 cm³/mol. The predicted octanol–water partition coefficient (Wildman–Crippen LogP) is 2.67. The maximum atomic E-state index is 9.02. The Morgan fingerprint density at radius 2 is 1.83 bits per heavy atom. The molecule has 1 atom stereocenters. The molecule has 0 amide bonds. The van der Waals surface area contributed by atoms with Gasteiger partial charge in [0.2, 0.25) is 0 Å². The van der Waals surface area contributed by atoms with E-state index >= 15 is 0 Å². The van der Waals surface area contributed by atoms with Gasteiger partial charge in [-0.05, 0) is 31.9 Å². The molecule has 0 aliphatic rings. The molecule has 0 saturated carbocycles. The molecule has 4 nitrogen and oxygen atoms in total. The lowest BCUT2D eigenvalue weighted by Crippen LogP contribution is -2.27. The molecule has 0 saturated heterocycles. The smallest absolute Gasteiger partial charge is 0.145 e. The monoisotopic (exact) mass is 248 g/mol. The lowest BCUT2D eigenvalue weighted by Gasteiger charge is -2.26. The molecule has 0 radical (unpaired) electrons. The third-order valence-corrected chi connectivity index (χ3v) is 3.34. The maximum absolute atomic E-state index is 9.02. The van der Waals surface area contributed by atoms with E-state index in [1.165, 1.54) is 0 Å².